The maximum atomic E-state index is 13.0. The highest BCUT2D eigenvalue weighted by molar-refractivity contribution is 7.18. The Morgan fingerprint density at radius 2 is 2.00 bits per heavy atom. The minimum atomic E-state index is -0.600. The number of carbonyl (C=O) groups excluding carboxylic acids is 2. The monoisotopic (exact) mass is 481 g/mol. The van der Waals surface area contributed by atoms with Crippen molar-refractivity contribution in [2.24, 2.45) is 0 Å². The number of benzene rings is 2. The highest BCUT2D eigenvalue weighted by atomic mass is 32.1. The second kappa shape index (κ2) is 9.56. The number of urea groups is 1. The van der Waals surface area contributed by atoms with E-state index in [-0.39, 0.29) is 18.7 Å². The average Bonchev–Trinajstić information content (AvgIpc) is 3.60. The lowest BCUT2D eigenvalue weighted by Crippen LogP contribution is -2.45. The molecule has 3 aromatic rings. The van der Waals surface area contributed by atoms with Gasteiger partial charge in [0.15, 0.2) is 11.5 Å². The summed E-state index contributed by atoms with van der Waals surface area (Å²) in [5.74, 6) is 1.63. The Hall–Kier alpha value is -3.86. The lowest BCUT2D eigenvalue weighted by Gasteiger charge is -2.24. The van der Waals surface area contributed by atoms with Gasteiger partial charge in [0.05, 0.1) is 12.3 Å². The number of para-hydroxylation sites is 2. The third kappa shape index (κ3) is 4.46. The predicted octanol–water partition coefficient (Wildman–Crippen LogP) is 3.97. The summed E-state index contributed by atoms with van der Waals surface area (Å²) < 4.78 is 16.3. The number of hydrogen-bond donors (Lipinski definition) is 2. The average molecular weight is 482 g/mol. The normalized spacial score (nSPS) is 16.4. The van der Waals surface area contributed by atoms with Gasteiger partial charge in [-0.25, -0.2) is 4.79 Å². The van der Waals surface area contributed by atoms with Gasteiger partial charge in [0, 0.05) is 12.1 Å². The van der Waals surface area contributed by atoms with Crippen molar-refractivity contribution in [2.45, 2.75) is 25.8 Å². The van der Waals surface area contributed by atoms with Crippen LogP contribution in [0.25, 0.3) is 10.6 Å². The van der Waals surface area contributed by atoms with Crippen LogP contribution in [0.5, 0.6) is 17.2 Å². The summed E-state index contributed by atoms with van der Waals surface area (Å²) in [7, 11) is 0. The molecular weight excluding hydrogens is 458 g/mol. The summed E-state index contributed by atoms with van der Waals surface area (Å²) in [5, 5.41) is 15.0. The largest absolute Gasteiger partial charge is 0.492 e. The molecule has 1 aromatic heterocycles. The molecule has 3 amide bonds. The second-order valence-corrected chi connectivity index (χ2v) is 8.66. The lowest BCUT2D eigenvalue weighted by atomic mass is 10.2. The van der Waals surface area contributed by atoms with Crippen LogP contribution in [0.15, 0.2) is 42.5 Å². The molecule has 10 nitrogen and oxygen atoms in total. The van der Waals surface area contributed by atoms with E-state index >= 15 is 0 Å². The molecule has 2 N–H and O–H groups in total. The number of anilines is 2. The van der Waals surface area contributed by atoms with Gasteiger partial charge in [-0.2, -0.15) is 0 Å². The molecule has 0 saturated carbocycles. The van der Waals surface area contributed by atoms with E-state index in [1.54, 1.807) is 12.1 Å². The Labute approximate surface area is 199 Å². The van der Waals surface area contributed by atoms with Crippen molar-refractivity contribution in [3.8, 4) is 27.8 Å². The molecule has 1 fully saturated rings. The van der Waals surface area contributed by atoms with Gasteiger partial charge in [-0.05, 0) is 50.1 Å². The number of carbonyl (C=O) groups is 2. The van der Waals surface area contributed by atoms with Crippen molar-refractivity contribution in [1.29, 1.82) is 0 Å². The smallest absolute Gasteiger partial charge is 0.322 e. The van der Waals surface area contributed by atoms with E-state index in [0.29, 0.717) is 52.6 Å². The molecular formula is C23H23N5O5S. The van der Waals surface area contributed by atoms with Gasteiger partial charge in [0.1, 0.15) is 16.8 Å². The summed E-state index contributed by atoms with van der Waals surface area (Å²) in [6.45, 7) is 3.04. The maximum Gasteiger partial charge on any atom is 0.322 e. The molecule has 0 bridgehead atoms. The highest BCUT2D eigenvalue weighted by Gasteiger charge is 2.35. The summed E-state index contributed by atoms with van der Waals surface area (Å²) in [4.78, 5) is 27.5. The van der Waals surface area contributed by atoms with E-state index in [1.807, 2.05) is 37.3 Å². The predicted molar refractivity (Wildman–Crippen MR) is 126 cm³/mol. The van der Waals surface area contributed by atoms with Crippen LogP contribution in [0.2, 0.25) is 0 Å². The van der Waals surface area contributed by atoms with Crippen LogP contribution in [0.3, 0.4) is 0 Å². The molecule has 1 unspecified atom stereocenters. The number of fused-ring (bicyclic) bond motifs is 1. The Bertz CT molecular complexity index is 1220. The molecule has 0 radical (unpaired) electrons. The quantitative estimate of drug-likeness (QED) is 0.547. The van der Waals surface area contributed by atoms with Crippen molar-refractivity contribution in [3.63, 3.8) is 0 Å². The number of nitrogens with zero attached hydrogens (tertiary/aromatic N) is 3. The summed E-state index contributed by atoms with van der Waals surface area (Å²) >= 11 is 1.25. The van der Waals surface area contributed by atoms with Crippen molar-refractivity contribution in [2.75, 3.05) is 30.6 Å². The minimum absolute atomic E-state index is 0.193. The van der Waals surface area contributed by atoms with Crippen molar-refractivity contribution >= 4 is 34.1 Å². The molecule has 2 aliphatic heterocycles. The molecule has 11 heteroatoms. The van der Waals surface area contributed by atoms with Crippen LogP contribution in [-0.4, -0.2) is 53.0 Å². The van der Waals surface area contributed by atoms with Crippen molar-refractivity contribution < 1.29 is 23.8 Å². The lowest BCUT2D eigenvalue weighted by molar-refractivity contribution is -0.119. The SMILES string of the molecule is CCOc1ccccc1NC(=O)N1CCCC1C(=O)Nc1nnc(-c2ccc3c(c2)OCO3)s1. The first-order valence-corrected chi connectivity index (χ1v) is 11.8. The summed E-state index contributed by atoms with van der Waals surface area (Å²) in [5.41, 5.74) is 1.38. The number of likely N-dealkylation sites (tertiary alicyclic amines) is 1. The number of nitrogens with one attached hydrogen (secondary N) is 2. The van der Waals surface area contributed by atoms with Gasteiger partial charge in [0.2, 0.25) is 17.8 Å². The fourth-order valence-electron chi connectivity index (χ4n) is 3.93. The van der Waals surface area contributed by atoms with E-state index in [1.165, 1.54) is 16.2 Å². The molecule has 1 atom stereocenters. The Balaban J connectivity index is 1.25. The second-order valence-electron chi connectivity index (χ2n) is 7.68. The maximum absolute atomic E-state index is 13.0. The van der Waals surface area contributed by atoms with Gasteiger partial charge < -0.3 is 24.4 Å². The first-order chi connectivity index (χ1) is 16.6. The Kier molecular flexibility index (Phi) is 6.17. The molecule has 0 spiro atoms. The zero-order valence-electron chi connectivity index (χ0n) is 18.4. The topological polar surface area (TPSA) is 115 Å². The molecule has 34 heavy (non-hydrogen) atoms. The van der Waals surface area contributed by atoms with Gasteiger partial charge in [-0.1, -0.05) is 23.5 Å². The standard InChI is InChI=1S/C23H23N5O5S/c1-2-31-17-8-4-3-6-15(17)24-23(30)28-11-5-7-16(28)20(29)25-22-27-26-21(34-22)14-9-10-18-19(12-14)33-13-32-18/h3-4,6,8-10,12,16H,2,5,7,11,13H2,1H3,(H,24,30)(H,25,27,29). The molecule has 3 heterocycles. The van der Waals surface area contributed by atoms with Crippen LogP contribution < -0.4 is 24.8 Å². The number of hydrogen-bond acceptors (Lipinski definition) is 8. The van der Waals surface area contributed by atoms with Gasteiger partial charge in [0.25, 0.3) is 0 Å². The Morgan fingerprint density at radius 3 is 2.88 bits per heavy atom. The number of amides is 3. The van der Waals surface area contributed by atoms with Crippen LogP contribution in [0.1, 0.15) is 19.8 Å². The molecule has 0 aliphatic carbocycles. The van der Waals surface area contributed by atoms with Gasteiger partial charge in [-0.3, -0.25) is 10.1 Å². The third-order valence-electron chi connectivity index (χ3n) is 5.52. The molecule has 5 rings (SSSR count). The molecule has 1 saturated heterocycles. The molecule has 2 aliphatic rings. The minimum Gasteiger partial charge on any atom is -0.492 e. The highest BCUT2D eigenvalue weighted by Crippen LogP contribution is 2.37. The van der Waals surface area contributed by atoms with E-state index in [9.17, 15) is 9.59 Å². The van der Waals surface area contributed by atoms with Crippen molar-refractivity contribution in [3.05, 3.63) is 42.5 Å². The van der Waals surface area contributed by atoms with Crippen molar-refractivity contribution in [1.82, 2.24) is 15.1 Å². The van der Waals surface area contributed by atoms with E-state index < -0.39 is 6.04 Å². The van der Waals surface area contributed by atoms with Gasteiger partial charge in [-0.15, -0.1) is 10.2 Å². The first kappa shape index (κ1) is 22.0. The Morgan fingerprint density at radius 1 is 1.15 bits per heavy atom. The molecule has 176 valence electrons. The van der Waals surface area contributed by atoms with Crippen LogP contribution in [-0.2, 0) is 4.79 Å². The summed E-state index contributed by atoms with van der Waals surface area (Å²) in [6, 6.07) is 11.8. The number of ether oxygens (including phenoxy) is 3. The van der Waals surface area contributed by atoms with Crippen LogP contribution in [0.4, 0.5) is 15.6 Å². The molecule has 2 aromatic carbocycles. The summed E-state index contributed by atoms with van der Waals surface area (Å²) in [6.07, 6.45) is 1.30. The zero-order valence-corrected chi connectivity index (χ0v) is 19.3. The van der Waals surface area contributed by atoms with E-state index in [2.05, 4.69) is 20.8 Å². The van der Waals surface area contributed by atoms with E-state index in [4.69, 9.17) is 14.2 Å². The van der Waals surface area contributed by atoms with Gasteiger partial charge >= 0.3 is 6.03 Å². The fourth-order valence-corrected chi connectivity index (χ4v) is 4.67. The van der Waals surface area contributed by atoms with Crippen LogP contribution >= 0.6 is 11.3 Å². The first-order valence-electron chi connectivity index (χ1n) is 11.0. The number of rotatable bonds is 6. The van der Waals surface area contributed by atoms with Crippen LogP contribution in [0, 0.1) is 0 Å². The fraction of sp³-hybridized carbons (Fsp3) is 0.304. The third-order valence-corrected chi connectivity index (χ3v) is 6.41. The van der Waals surface area contributed by atoms with E-state index in [0.717, 1.165) is 12.0 Å². The number of aromatic nitrogens is 2. The zero-order chi connectivity index (χ0) is 23.5.